The highest BCUT2D eigenvalue weighted by Crippen LogP contribution is 2.19. The molecule has 0 radical (unpaired) electrons. The molecule has 0 aromatic heterocycles. The van der Waals surface area contributed by atoms with Gasteiger partial charge in [-0.3, -0.25) is 19.2 Å². The zero-order chi connectivity index (χ0) is 19.9. The number of nitrogens with zero attached hydrogens (tertiary/aromatic N) is 1. The normalized spacial score (nSPS) is 19.1. The zero-order valence-electron chi connectivity index (χ0n) is 15.2. The van der Waals surface area contributed by atoms with E-state index in [1.54, 1.807) is 0 Å². The van der Waals surface area contributed by atoms with Crippen LogP contribution in [0.5, 0.6) is 0 Å². The van der Waals surface area contributed by atoms with Crippen LogP contribution in [-0.2, 0) is 19.2 Å². The van der Waals surface area contributed by atoms with E-state index < -0.39 is 35.8 Å². The molecule has 0 aliphatic carbocycles. The molecule has 0 bridgehead atoms. The summed E-state index contributed by atoms with van der Waals surface area (Å²) < 4.78 is 0. The topological polar surface area (TPSA) is 148 Å². The fourth-order valence-corrected chi connectivity index (χ4v) is 3.02. The van der Waals surface area contributed by atoms with E-state index in [0.717, 1.165) is 0 Å². The SMILES string of the molecule is CC(C)C[C@H](NC(=O)[C@@H]1CCCN1C(=O)[C@@H](N)CS)C(=O)NCC(N)=O. The first-order valence-corrected chi connectivity index (χ1v) is 9.33. The third-order valence-corrected chi connectivity index (χ3v) is 4.52. The van der Waals surface area contributed by atoms with Crippen molar-refractivity contribution in [3.05, 3.63) is 0 Å². The van der Waals surface area contributed by atoms with E-state index in [1.165, 1.54) is 4.90 Å². The zero-order valence-corrected chi connectivity index (χ0v) is 16.1. The van der Waals surface area contributed by atoms with Crippen molar-refractivity contribution in [1.29, 1.82) is 0 Å². The Morgan fingerprint density at radius 2 is 1.92 bits per heavy atom. The van der Waals surface area contributed by atoms with Gasteiger partial charge in [-0.25, -0.2) is 0 Å². The molecule has 6 N–H and O–H groups in total. The van der Waals surface area contributed by atoms with Gasteiger partial charge < -0.3 is 27.0 Å². The summed E-state index contributed by atoms with van der Waals surface area (Å²) in [5, 5.41) is 5.10. The highest BCUT2D eigenvalue weighted by molar-refractivity contribution is 7.80. The van der Waals surface area contributed by atoms with Gasteiger partial charge in [-0.1, -0.05) is 13.8 Å². The lowest BCUT2D eigenvalue weighted by Gasteiger charge is -2.28. The van der Waals surface area contributed by atoms with Gasteiger partial charge in [0.1, 0.15) is 12.1 Å². The number of rotatable bonds is 9. The van der Waals surface area contributed by atoms with E-state index in [9.17, 15) is 19.2 Å². The number of nitrogens with two attached hydrogens (primary N) is 2. The summed E-state index contributed by atoms with van der Waals surface area (Å²) in [6.07, 6.45) is 1.59. The lowest BCUT2D eigenvalue weighted by molar-refractivity contribution is -0.140. The van der Waals surface area contributed by atoms with Gasteiger partial charge in [0.25, 0.3) is 0 Å². The number of carbonyl (C=O) groups is 4. The molecule has 1 aliphatic heterocycles. The van der Waals surface area contributed by atoms with Crippen LogP contribution in [0, 0.1) is 5.92 Å². The molecule has 1 aliphatic rings. The molecule has 0 aromatic carbocycles. The van der Waals surface area contributed by atoms with Crippen molar-refractivity contribution < 1.29 is 19.2 Å². The molecule has 0 unspecified atom stereocenters. The van der Waals surface area contributed by atoms with Crippen molar-refractivity contribution in [2.45, 2.75) is 51.2 Å². The van der Waals surface area contributed by atoms with E-state index >= 15 is 0 Å². The van der Waals surface area contributed by atoms with Gasteiger partial charge in [-0.05, 0) is 25.2 Å². The molecule has 1 heterocycles. The highest BCUT2D eigenvalue weighted by Gasteiger charge is 2.37. The molecule has 1 fully saturated rings. The van der Waals surface area contributed by atoms with Crippen LogP contribution >= 0.6 is 12.6 Å². The van der Waals surface area contributed by atoms with Gasteiger partial charge in [0, 0.05) is 12.3 Å². The van der Waals surface area contributed by atoms with Crippen LogP contribution in [0.2, 0.25) is 0 Å². The van der Waals surface area contributed by atoms with Crippen LogP contribution < -0.4 is 22.1 Å². The van der Waals surface area contributed by atoms with Crippen LogP contribution in [0.3, 0.4) is 0 Å². The number of thiol groups is 1. The molecule has 26 heavy (non-hydrogen) atoms. The fraction of sp³-hybridized carbons (Fsp3) is 0.750. The van der Waals surface area contributed by atoms with Gasteiger partial charge in [0.05, 0.1) is 12.6 Å². The Balaban J connectivity index is 2.79. The van der Waals surface area contributed by atoms with Crippen molar-refractivity contribution in [2.24, 2.45) is 17.4 Å². The van der Waals surface area contributed by atoms with Crippen molar-refractivity contribution in [1.82, 2.24) is 15.5 Å². The first-order chi connectivity index (χ1) is 12.2. The summed E-state index contributed by atoms with van der Waals surface area (Å²) in [6.45, 7) is 3.98. The van der Waals surface area contributed by atoms with E-state index in [4.69, 9.17) is 11.5 Å². The third-order valence-electron chi connectivity index (χ3n) is 4.13. The molecule has 1 saturated heterocycles. The van der Waals surface area contributed by atoms with E-state index in [2.05, 4.69) is 23.3 Å². The minimum Gasteiger partial charge on any atom is -0.368 e. The maximum Gasteiger partial charge on any atom is 0.243 e. The largest absolute Gasteiger partial charge is 0.368 e. The van der Waals surface area contributed by atoms with E-state index in [-0.39, 0.29) is 24.1 Å². The summed E-state index contributed by atoms with van der Waals surface area (Å²) in [6, 6.07) is -2.23. The van der Waals surface area contributed by atoms with Gasteiger partial charge in [0.2, 0.25) is 23.6 Å². The Morgan fingerprint density at radius 1 is 1.27 bits per heavy atom. The minimum absolute atomic E-state index is 0.138. The molecule has 4 amide bonds. The first-order valence-electron chi connectivity index (χ1n) is 8.70. The molecule has 9 nitrogen and oxygen atoms in total. The lowest BCUT2D eigenvalue weighted by Crippen LogP contribution is -2.56. The molecule has 0 saturated carbocycles. The van der Waals surface area contributed by atoms with Crippen LogP contribution in [-0.4, -0.2) is 65.5 Å². The molecule has 1 rings (SSSR count). The molecular formula is C16H29N5O4S. The maximum absolute atomic E-state index is 12.7. The number of hydrogen-bond acceptors (Lipinski definition) is 6. The summed E-state index contributed by atoms with van der Waals surface area (Å²) in [7, 11) is 0. The Labute approximate surface area is 159 Å². The van der Waals surface area contributed by atoms with Crippen molar-refractivity contribution in [2.75, 3.05) is 18.8 Å². The van der Waals surface area contributed by atoms with Gasteiger partial charge in [-0.15, -0.1) is 0 Å². The second kappa shape index (κ2) is 10.4. The van der Waals surface area contributed by atoms with Gasteiger partial charge in [-0.2, -0.15) is 12.6 Å². The minimum atomic E-state index is -0.807. The Hall–Kier alpha value is -1.81. The standard InChI is InChI=1S/C16H29N5O4S/c1-9(2)6-11(14(23)19-7-13(18)22)20-15(24)12-4-3-5-21(12)16(25)10(17)8-26/h9-12,26H,3-8,17H2,1-2H3,(H2,18,22)(H,19,23)(H,20,24)/t10-,11-,12-/m0/s1. The molecule has 3 atom stereocenters. The van der Waals surface area contributed by atoms with Crippen molar-refractivity contribution in [3.8, 4) is 0 Å². The Kier molecular flexibility index (Phi) is 8.86. The first kappa shape index (κ1) is 22.2. The summed E-state index contributed by atoms with van der Waals surface area (Å²) in [5.74, 6) is -1.54. The molecule has 148 valence electrons. The molecule has 0 aromatic rings. The van der Waals surface area contributed by atoms with E-state index in [1.807, 2.05) is 13.8 Å². The molecule has 10 heteroatoms. The van der Waals surface area contributed by atoms with Crippen LogP contribution in [0.25, 0.3) is 0 Å². The monoisotopic (exact) mass is 387 g/mol. The second-order valence-electron chi connectivity index (χ2n) is 6.85. The number of likely N-dealkylation sites (tertiary alicyclic amines) is 1. The fourth-order valence-electron chi connectivity index (χ4n) is 2.86. The summed E-state index contributed by atoms with van der Waals surface area (Å²) in [5.41, 5.74) is 10.8. The lowest BCUT2D eigenvalue weighted by atomic mass is 10.0. The third kappa shape index (κ3) is 6.49. The van der Waals surface area contributed by atoms with E-state index in [0.29, 0.717) is 25.8 Å². The maximum atomic E-state index is 12.7. The Bertz CT molecular complexity index is 543. The van der Waals surface area contributed by atoms with Gasteiger partial charge in [0.15, 0.2) is 0 Å². The second-order valence-corrected chi connectivity index (χ2v) is 7.22. The number of nitrogens with one attached hydrogen (secondary N) is 2. The van der Waals surface area contributed by atoms with Crippen molar-refractivity contribution in [3.63, 3.8) is 0 Å². The average molecular weight is 388 g/mol. The number of carbonyl (C=O) groups excluding carboxylic acids is 4. The number of hydrogen-bond donors (Lipinski definition) is 5. The average Bonchev–Trinajstić information content (AvgIpc) is 3.06. The number of amides is 4. The summed E-state index contributed by atoms with van der Waals surface area (Å²) in [4.78, 5) is 49.5. The van der Waals surface area contributed by atoms with Crippen LogP contribution in [0.15, 0.2) is 0 Å². The quantitative estimate of drug-likeness (QED) is 0.301. The molecular weight excluding hydrogens is 358 g/mol. The van der Waals surface area contributed by atoms with Crippen LogP contribution in [0.1, 0.15) is 33.1 Å². The Morgan fingerprint density at radius 3 is 2.46 bits per heavy atom. The molecule has 0 spiro atoms. The number of primary amides is 1. The predicted molar refractivity (Wildman–Crippen MR) is 100 cm³/mol. The summed E-state index contributed by atoms with van der Waals surface area (Å²) >= 11 is 4.03. The smallest absolute Gasteiger partial charge is 0.243 e. The van der Waals surface area contributed by atoms with Gasteiger partial charge >= 0.3 is 0 Å². The predicted octanol–water partition coefficient (Wildman–Crippen LogP) is -1.63. The van der Waals surface area contributed by atoms with Crippen LogP contribution in [0.4, 0.5) is 0 Å². The van der Waals surface area contributed by atoms with Crippen molar-refractivity contribution >= 4 is 36.3 Å². The highest BCUT2D eigenvalue weighted by atomic mass is 32.1.